The Morgan fingerprint density at radius 1 is 1.27 bits per heavy atom. The molecule has 2 aliphatic heterocycles. The summed E-state index contributed by atoms with van der Waals surface area (Å²) in [5, 5.41) is 0. The number of pyridine rings is 1. The van der Waals surface area contributed by atoms with Crippen LogP contribution in [0.4, 0.5) is 4.79 Å². The Kier molecular flexibility index (Phi) is 5.96. The first kappa shape index (κ1) is 18.5. The van der Waals surface area contributed by atoms with Crippen molar-refractivity contribution < 1.29 is 14.3 Å². The summed E-state index contributed by atoms with van der Waals surface area (Å²) in [5.74, 6) is 0.724. The largest absolute Gasteiger partial charge is 0.487 e. The monoisotopic (exact) mass is 360 g/mol. The topological polar surface area (TPSA) is 66.0 Å². The van der Waals surface area contributed by atoms with Gasteiger partial charge in [0.2, 0.25) is 5.91 Å². The summed E-state index contributed by atoms with van der Waals surface area (Å²) in [6, 6.07) is 3.14. The minimum Gasteiger partial charge on any atom is -0.487 e. The van der Waals surface area contributed by atoms with Gasteiger partial charge in [0.15, 0.2) is 0 Å². The Hall–Kier alpha value is -2.31. The number of hydrogen-bond donors (Lipinski definition) is 0. The fourth-order valence-corrected chi connectivity index (χ4v) is 3.76. The van der Waals surface area contributed by atoms with Gasteiger partial charge in [0.1, 0.15) is 17.9 Å². The van der Waals surface area contributed by atoms with E-state index in [1.165, 1.54) is 0 Å². The zero-order chi connectivity index (χ0) is 18.5. The van der Waals surface area contributed by atoms with E-state index < -0.39 is 6.04 Å². The van der Waals surface area contributed by atoms with Crippen LogP contribution in [-0.4, -0.2) is 76.5 Å². The van der Waals surface area contributed by atoms with Crippen LogP contribution in [0.25, 0.3) is 0 Å². The van der Waals surface area contributed by atoms with Gasteiger partial charge in [-0.3, -0.25) is 9.78 Å². The summed E-state index contributed by atoms with van der Waals surface area (Å²) >= 11 is 0. The van der Waals surface area contributed by atoms with Gasteiger partial charge in [-0.1, -0.05) is 0 Å². The van der Waals surface area contributed by atoms with Gasteiger partial charge < -0.3 is 19.4 Å². The van der Waals surface area contributed by atoms with Crippen LogP contribution in [-0.2, 0) is 4.79 Å². The molecule has 0 aromatic carbocycles. The maximum absolute atomic E-state index is 13.0. The van der Waals surface area contributed by atoms with Crippen molar-refractivity contribution in [1.29, 1.82) is 0 Å². The number of likely N-dealkylation sites (tertiary alicyclic amines) is 2. The SMILES string of the molecule is CCN(CC)C(=O)N1C[C@@H](Oc2cccnc2)C[C@H]1C(=O)N1CCCC1. The molecule has 3 amide bonds. The van der Waals surface area contributed by atoms with Gasteiger partial charge in [-0.15, -0.1) is 0 Å². The highest BCUT2D eigenvalue weighted by molar-refractivity contribution is 5.88. The minimum absolute atomic E-state index is 0.0558. The van der Waals surface area contributed by atoms with E-state index >= 15 is 0 Å². The lowest BCUT2D eigenvalue weighted by Crippen LogP contribution is -2.51. The third-order valence-corrected chi connectivity index (χ3v) is 5.18. The van der Waals surface area contributed by atoms with Gasteiger partial charge in [-0.25, -0.2) is 4.79 Å². The molecule has 0 unspecified atom stereocenters. The van der Waals surface area contributed by atoms with E-state index in [1.807, 2.05) is 30.9 Å². The van der Waals surface area contributed by atoms with Gasteiger partial charge in [0, 0.05) is 38.8 Å². The van der Waals surface area contributed by atoms with Crippen LogP contribution >= 0.6 is 0 Å². The zero-order valence-corrected chi connectivity index (χ0v) is 15.6. The molecule has 0 spiro atoms. The van der Waals surface area contributed by atoms with E-state index in [2.05, 4.69) is 4.98 Å². The van der Waals surface area contributed by atoms with E-state index in [4.69, 9.17) is 4.74 Å². The molecule has 26 heavy (non-hydrogen) atoms. The van der Waals surface area contributed by atoms with E-state index in [0.29, 0.717) is 31.8 Å². The van der Waals surface area contributed by atoms with Crippen molar-refractivity contribution in [2.24, 2.45) is 0 Å². The summed E-state index contributed by atoms with van der Waals surface area (Å²) in [7, 11) is 0. The summed E-state index contributed by atoms with van der Waals surface area (Å²) in [6.45, 7) is 7.17. The Morgan fingerprint density at radius 3 is 2.62 bits per heavy atom. The first-order valence-electron chi connectivity index (χ1n) is 9.55. The van der Waals surface area contributed by atoms with Crippen LogP contribution in [0.1, 0.15) is 33.1 Å². The summed E-state index contributed by atoms with van der Waals surface area (Å²) in [6.07, 6.45) is 5.76. The second kappa shape index (κ2) is 8.38. The van der Waals surface area contributed by atoms with Crippen molar-refractivity contribution in [3.8, 4) is 5.75 Å². The number of ether oxygens (including phenoxy) is 1. The molecule has 7 heteroatoms. The third-order valence-electron chi connectivity index (χ3n) is 5.18. The molecule has 7 nitrogen and oxygen atoms in total. The van der Waals surface area contributed by atoms with Gasteiger partial charge in [0.05, 0.1) is 12.7 Å². The maximum Gasteiger partial charge on any atom is 0.320 e. The first-order chi connectivity index (χ1) is 12.6. The smallest absolute Gasteiger partial charge is 0.320 e. The Morgan fingerprint density at radius 2 is 2.00 bits per heavy atom. The second-order valence-electron chi connectivity index (χ2n) is 6.82. The molecule has 1 aromatic rings. The molecule has 0 bridgehead atoms. The quantitative estimate of drug-likeness (QED) is 0.805. The number of rotatable bonds is 5. The van der Waals surface area contributed by atoms with Crippen molar-refractivity contribution in [2.75, 3.05) is 32.7 Å². The minimum atomic E-state index is -0.442. The summed E-state index contributed by atoms with van der Waals surface area (Å²) in [5.41, 5.74) is 0. The highest BCUT2D eigenvalue weighted by Crippen LogP contribution is 2.26. The van der Waals surface area contributed by atoms with E-state index in [9.17, 15) is 9.59 Å². The van der Waals surface area contributed by atoms with E-state index in [0.717, 1.165) is 25.9 Å². The van der Waals surface area contributed by atoms with Crippen molar-refractivity contribution >= 4 is 11.9 Å². The normalized spacial score (nSPS) is 22.5. The second-order valence-corrected chi connectivity index (χ2v) is 6.82. The van der Waals surface area contributed by atoms with Gasteiger partial charge in [0.25, 0.3) is 0 Å². The van der Waals surface area contributed by atoms with Crippen LogP contribution in [0.3, 0.4) is 0 Å². The average Bonchev–Trinajstić information content (AvgIpc) is 3.33. The number of nitrogens with zero attached hydrogens (tertiary/aromatic N) is 4. The van der Waals surface area contributed by atoms with E-state index in [1.54, 1.807) is 22.2 Å². The highest BCUT2D eigenvalue weighted by Gasteiger charge is 2.43. The fourth-order valence-electron chi connectivity index (χ4n) is 3.76. The van der Waals surface area contributed by atoms with Crippen LogP contribution in [0, 0.1) is 0 Å². The summed E-state index contributed by atoms with van der Waals surface area (Å²) < 4.78 is 6.00. The highest BCUT2D eigenvalue weighted by atomic mass is 16.5. The van der Waals surface area contributed by atoms with Crippen LogP contribution < -0.4 is 4.74 Å². The van der Waals surface area contributed by atoms with Crippen molar-refractivity contribution in [1.82, 2.24) is 19.7 Å². The number of aromatic nitrogens is 1. The molecule has 2 fully saturated rings. The van der Waals surface area contributed by atoms with Gasteiger partial charge in [-0.2, -0.15) is 0 Å². The molecule has 0 saturated carbocycles. The van der Waals surface area contributed by atoms with Crippen LogP contribution in [0.2, 0.25) is 0 Å². The zero-order valence-electron chi connectivity index (χ0n) is 15.6. The molecule has 142 valence electrons. The molecular formula is C19H28N4O3. The first-order valence-corrected chi connectivity index (χ1v) is 9.55. The fraction of sp³-hybridized carbons (Fsp3) is 0.632. The molecule has 0 radical (unpaired) electrons. The predicted molar refractivity (Wildman–Crippen MR) is 97.9 cm³/mol. The molecule has 2 atom stereocenters. The molecule has 2 saturated heterocycles. The molecule has 2 aliphatic rings. The number of amides is 3. The van der Waals surface area contributed by atoms with Crippen LogP contribution in [0.5, 0.6) is 5.75 Å². The number of carbonyl (C=O) groups excluding carboxylic acids is 2. The maximum atomic E-state index is 13.0. The molecule has 0 N–H and O–H groups in total. The molecule has 3 rings (SSSR count). The van der Waals surface area contributed by atoms with Crippen molar-refractivity contribution in [3.63, 3.8) is 0 Å². The van der Waals surface area contributed by atoms with E-state index in [-0.39, 0.29) is 18.0 Å². The lowest BCUT2D eigenvalue weighted by molar-refractivity contribution is -0.134. The Labute approximate surface area is 154 Å². The molecule has 1 aromatic heterocycles. The van der Waals surface area contributed by atoms with Gasteiger partial charge >= 0.3 is 6.03 Å². The number of carbonyl (C=O) groups is 2. The average molecular weight is 360 g/mol. The molecular weight excluding hydrogens is 332 g/mol. The lowest BCUT2D eigenvalue weighted by Gasteiger charge is -2.31. The Bertz CT molecular complexity index is 592. The Balaban J connectivity index is 1.76. The van der Waals surface area contributed by atoms with Gasteiger partial charge in [-0.05, 0) is 38.8 Å². The number of hydrogen-bond acceptors (Lipinski definition) is 4. The molecule has 3 heterocycles. The summed E-state index contributed by atoms with van der Waals surface area (Å²) in [4.78, 5) is 35.4. The van der Waals surface area contributed by atoms with Crippen LogP contribution in [0.15, 0.2) is 24.5 Å². The van der Waals surface area contributed by atoms with Crippen molar-refractivity contribution in [2.45, 2.75) is 45.3 Å². The van der Waals surface area contributed by atoms with Crippen molar-refractivity contribution in [3.05, 3.63) is 24.5 Å². The predicted octanol–water partition coefficient (Wildman–Crippen LogP) is 1.99. The lowest BCUT2D eigenvalue weighted by atomic mass is 10.1. The third kappa shape index (κ3) is 3.92. The molecule has 0 aliphatic carbocycles. The number of urea groups is 1. The standard InChI is InChI=1S/C19H28N4O3/c1-3-21(4-2)19(25)23-14-16(26-15-8-7-9-20-13-15)12-17(23)18(24)22-10-5-6-11-22/h7-9,13,16-17H,3-6,10-12,14H2,1-2H3/t16-,17-/m0/s1.